The van der Waals surface area contributed by atoms with Crippen LogP contribution in [0.2, 0.25) is 0 Å². The van der Waals surface area contributed by atoms with Crippen molar-refractivity contribution in [3.05, 3.63) is 48.0 Å². The molecule has 2 N–H and O–H groups in total. The predicted molar refractivity (Wildman–Crippen MR) is 85.5 cm³/mol. The Morgan fingerprint density at radius 1 is 1.29 bits per heavy atom. The van der Waals surface area contributed by atoms with E-state index in [9.17, 15) is 5.11 Å². The average molecular weight is 287 g/mol. The summed E-state index contributed by atoms with van der Waals surface area (Å²) in [5.74, 6) is 1.29. The molecule has 0 amide bonds. The molecule has 2 rings (SSSR count). The molecule has 0 radical (unpaired) electrons. The molecule has 0 aliphatic rings. The van der Waals surface area contributed by atoms with Crippen LogP contribution in [-0.4, -0.2) is 27.3 Å². The van der Waals surface area contributed by atoms with Gasteiger partial charge in [0, 0.05) is 18.8 Å². The average Bonchev–Trinajstić information content (AvgIpc) is 2.88. The van der Waals surface area contributed by atoms with Crippen molar-refractivity contribution in [3.63, 3.8) is 0 Å². The van der Waals surface area contributed by atoms with Crippen LogP contribution in [0, 0.1) is 12.8 Å². The highest BCUT2D eigenvalue weighted by Crippen LogP contribution is 2.14. The summed E-state index contributed by atoms with van der Waals surface area (Å²) in [6.07, 6.45) is 2.58. The fraction of sp³-hybridized carbons (Fsp3) is 0.471. The quantitative estimate of drug-likeness (QED) is 0.823. The third kappa shape index (κ3) is 3.93. The van der Waals surface area contributed by atoms with Gasteiger partial charge >= 0.3 is 0 Å². The molecule has 0 fully saturated rings. The maximum Gasteiger partial charge on any atom is 0.110 e. The molecule has 4 nitrogen and oxygen atoms in total. The maximum atomic E-state index is 10.0. The number of aliphatic hydroxyl groups is 1. The Kier molecular flexibility index (Phi) is 5.53. The van der Waals surface area contributed by atoms with Crippen LogP contribution in [-0.2, 0) is 6.54 Å². The second kappa shape index (κ2) is 7.38. The van der Waals surface area contributed by atoms with E-state index >= 15 is 0 Å². The Balaban J connectivity index is 2.02. The molecule has 2 aromatic rings. The highest BCUT2D eigenvalue weighted by Gasteiger charge is 2.13. The SMILES string of the molecule is CCC(C)C(O)CNCc1cnc(C)n1-c1ccccc1. The van der Waals surface area contributed by atoms with Gasteiger partial charge in [-0.1, -0.05) is 38.5 Å². The van der Waals surface area contributed by atoms with Crippen molar-refractivity contribution in [1.82, 2.24) is 14.9 Å². The highest BCUT2D eigenvalue weighted by molar-refractivity contribution is 5.35. The van der Waals surface area contributed by atoms with Crippen molar-refractivity contribution in [2.75, 3.05) is 6.54 Å². The molecule has 0 aliphatic carbocycles. The zero-order valence-electron chi connectivity index (χ0n) is 13.1. The summed E-state index contributed by atoms with van der Waals surface area (Å²) >= 11 is 0. The number of hydrogen-bond acceptors (Lipinski definition) is 3. The smallest absolute Gasteiger partial charge is 0.110 e. The van der Waals surface area contributed by atoms with E-state index in [1.165, 1.54) is 0 Å². The van der Waals surface area contributed by atoms with Crippen molar-refractivity contribution in [2.24, 2.45) is 5.92 Å². The van der Waals surface area contributed by atoms with E-state index in [1.807, 2.05) is 31.3 Å². The molecular formula is C17H25N3O. The first-order valence-corrected chi connectivity index (χ1v) is 7.61. The molecule has 1 aromatic carbocycles. The van der Waals surface area contributed by atoms with Gasteiger partial charge in [-0.3, -0.25) is 4.57 Å². The van der Waals surface area contributed by atoms with Gasteiger partial charge in [0.1, 0.15) is 5.82 Å². The van der Waals surface area contributed by atoms with Gasteiger partial charge in [-0.15, -0.1) is 0 Å². The topological polar surface area (TPSA) is 50.1 Å². The molecular weight excluding hydrogens is 262 g/mol. The molecule has 114 valence electrons. The Morgan fingerprint density at radius 2 is 2.00 bits per heavy atom. The summed E-state index contributed by atoms with van der Waals surface area (Å²) in [4.78, 5) is 4.40. The predicted octanol–water partition coefficient (Wildman–Crippen LogP) is 2.68. The van der Waals surface area contributed by atoms with Gasteiger partial charge in [-0.25, -0.2) is 4.98 Å². The third-order valence-corrected chi connectivity index (χ3v) is 3.99. The number of aliphatic hydroxyl groups excluding tert-OH is 1. The Bertz CT molecular complexity index is 550. The van der Waals surface area contributed by atoms with Crippen molar-refractivity contribution < 1.29 is 5.11 Å². The first kappa shape index (κ1) is 15.7. The first-order valence-electron chi connectivity index (χ1n) is 7.61. The molecule has 0 aliphatic heterocycles. The number of imidazole rings is 1. The molecule has 4 heteroatoms. The van der Waals surface area contributed by atoms with E-state index in [0.717, 1.165) is 23.6 Å². The molecule has 0 saturated carbocycles. The molecule has 0 saturated heterocycles. The van der Waals surface area contributed by atoms with Crippen LogP contribution in [0.4, 0.5) is 0 Å². The second-order valence-corrected chi connectivity index (χ2v) is 5.55. The lowest BCUT2D eigenvalue weighted by molar-refractivity contribution is 0.112. The van der Waals surface area contributed by atoms with Gasteiger partial charge in [-0.2, -0.15) is 0 Å². The molecule has 2 unspecified atom stereocenters. The van der Waals surface area contributed by atoms with E-state index in [2.05, 4.69) is 40.8 Å². The third-order valence-electron chi connectivity index (χ3n) is 3.99. The molecule has 1 aromatic heterocycles. The maximum absolute atomic E-state index is 10.0. The van der Waals surface area contributed by atoms with Crippen LogP contribution in [0.25, 0.3) is 5.69 Å². The normalized spacial score (nSPS) is 14.1. The van der Waals surface area contributed by atoms with Crippen LogP contribution in [0.15, 0.2) is 36.5 Å². The van der Waals surface area contributed by atoms with Crippen molar-refractivity contribution >= 4 is 0 Å². The minimum Gasteiger partial charge on any atom is -0.392 e. The van der Waals surface area contributed by atoms with Gasteiger partial charge < -0.3 is 10.4 Å². The zero-order valence-corrected chi connectivity index (χ0v) is 13.1. The Labute approximate surface area is 126 Å². The number of nitrogens with zero attached hydrogens (tertiary/aromatic N) is 2. The molecule has 0 spiro atoms. The highest BCUT2D eigenvalue weighted by atomic mass is 16.3. The zero-order chi connectivity index (χ0) is 15.2. The van der Waals surface area contributed by atoms with E-state index in [-0.39, 0.29) is 6.10 Å². The second-order valence-electron chi connectivity index (χ2n) is 5.55. The summed E-state index contributed by atoms with van der Waals surface area (Å²) in [6, 6.07) is 10.2. The molecule has 0 bridgehead atoms. The summed E-state index contributed by atoms with van der Waals surface area (Å²) in [5.41, 5.74) is 2.22. The fourth-order valence-electron chi connectivity index (χ4n) is 2.37. The lowest BCUT2D eigenvalue weighted by Crippen LogP contribution is -2.31. The number of benzene rings is 1. The van der Waals surface area contributed by atoms with Crippen LogP contribution in [0.5, 0.6) is 0 Å². The minimum atomic E-state index is -0.302. The number of rotatable bonds is 7. The Morgan fingerprint density at radius 3 is 2.67 bits per heavy atom. The standard InChI is InChI=1S/C17H25N3O/c1-4-13(2)17(21)12-18-10-16-11-19-14(3)20(16)15-8-6-5-7-9-15/h5-9,11,13,17-18,21H,4,10,12H2,1-3H3. The number of aryl methyl sites for hydroxylation is 1. The lowest BCUT2D eigenvalue weighted by Gasteiger charge is -2.18. The van der Waals surface area contributed by atoms with Crippen molar-refractivity contribution in [2.45, 2.75) is 39.8 Å². The Hall–Kier alpha value is -1.65. The number of aromatic nitrogens is 2. The van der Waals surface area contributed by atoms with E-state index in [1.54, 1.807) is 0 Å². The number of hydrogen-bond donors (Lipinski definition) is 2. The summed E-state index contributed by atoms with van der Waals surface area (Å²) in [5, 5.41) is 13.3. The van der Waals surface area contributed by atoms with Crippen LogP contribution >= 0.6 is 0 Å². The van der Waals surface area contributed by atoms with Crippen LogP contribution in [0.1, 0.15) is 31.8 Å². The fourth-order valence-corrected chi connectivity index (χ4v) is 2.37. The van der Waals surface area contributed by atoms with Gasteiger partial charge in [-0.05, 0) is 25.0 Å². The van der Waals surface area contributed by atoms with E-state index in [0.29, 0.717) is 19.0 Å². The molecule has 1 heterocycles. The van der Waals surface area contributed by atoms with Gasteiger partial charge in [0.15, 0.2) is 0 Å². The summed E-state index contributed by atoms with van der Waals surface area (Å²) < 4.78 is 2.14. The van der Waals surface area contributed by atoms with Crippen LogP contribution < -0.4 is 5.32 Å². The lowest BCUT2D eigenvalue weighted by atomic mass is 10.0. The van der Waals surface area contributed by atoms with Crippen molar-refractivity contribution in [3.8, 4) is 5.69 Å². The van der Waals surface area contributed by atoms with E-state index < -0.39 is 0 Å². The monoisotopic (exact) mass is 287 g/mol. The summed E-state index contributed by atoms with van der Waals surface area (Å²) in [7, 11) is 0. The van der Waals surface area contributed by atoms with Gasteiger partial charge in [0.05, 0.1) is 18.0 Å². The number of nitrogens with one attached hydrogen (secondary N) is 1. The van der Waals surface area contributed by atoms with E-state index in [4.69, 9.17) is 0 Å². The van der Waals surface area contributed by atoms with Gasteiger partial charge in [0.2, 0.25) is 0 Å². The van der Waals surface area contributed by atoms with Gasteiger partial charge in [0.25, 0.3) is 0 Å². The molecule has 21 heavy (non-hydrogen) atoms. The summed E-state index contributed by atoms with van der Waals surface area (Å²) in [6.45, 7) is 7.48. The molecule has 2 atom stereocenters. The first-order chi connectivity index (χ1) is 10.1. The largest absolute Gasteiger partial charge is 0.392 e. The van der Waals surface area contributed by atoms with Crippen LogP contribution in [0.3, 0.4) is 0 Å². The van der Waals surface area contributed by atoms with Crippen molar-refractivity contribution in [1.29, 1.82) is 0 Å². The minimum absolute atomic E-state index is 0.302. The number of para-hydroxylation sites is 1.